The van der Waals surface area contributed by atoms with Gasteiger partial charge in [-0.05, 0) is 23.8 Å². The summed E-state index contributed by atoms with van der Waals surface area (Å²) in [7, 11) is 0. The molecule has 106 valence electrons. The first kappa shape index (κ1) is 13.8. The van der Waals surface area contributed by atoms with Gasteiger partial charge in [-0.3, -0.25) is 0 Å². The molecule has 0 aromatic heterocycles. The highest BCUT2D eigenvalue weighted by Crippen LogP contribution is 2.29. The Labute approximate surface area is 127 Å². The third kappa shape index (κ3) is 2.95. The maximum Gasteiger partial charge on any atom is 0.125 e. The number of amidine groups is 1. The van der Waals surface area contributed by atoms with Crippen molar-refractivity contribution in [3.05, 3.63) is 70.5 Å². The van der Waals surface area contributed by atoms with E-state index < -0.39 is 5.82 Å². The van der Waals surface area contributed by atoms with Gasteiger partial charge in [0.25, 0.3) is 0 Å². The second-order valence-electron chi connectivity index (χ2n) is 4.90. The van der Waals surface area contributed by atoms with Crippen LogP contribution in [0.3, 0.4) is 0 Å². The summed E-state index contributed by atoms with van der Waals surface area (Å²) in [5.41, 5.74) is 8.18. The van der Waals surface area contributed by atoms with Crippen molar-refractivity contribution < 1.29 is 4.39 Å². The van der Waals surface area contributed by atoms with Gasteiger partial charge in [0.15, 0.2) is 0 Å². The van der Waals surface area contributed by atoms with Crippen LogP contribution in [-0.2, 0) is 0 Å². The summed E-state index contributed by atoms with van der Waals surface area (Å²) in [6, 6.07) is 14.2. The lowest BCUT2D eigenvalue weighted by Gasteiger charge is -2.22. The minimum Gasteiger partial charge on any atom is -0.386 e. The molecule has 1 aliphatic heterocycles. The minimum atomic E-state index is -0.394. The van der Waals surface area contributed by atoms with E-state index in [1.807, 2.05) is 30.3 Å². The predicted octanol–water partition coefficient (Wildman–Crippen LogP) is 3.73. The second-order valence-corrected chi connectivity index (χ2v) is 5.34. The molecule has 0 saturated heterocycles. The van der Waals surface area contributed by atoms with Crippen LogP contribution in [0.1, 0.15) is 23.5 Å². The van der Waals surface area contributed by atoms with E-state index in [1.165, 1.54) is 12.1 Å². The molecule has 0 saturated carbocycles. The summed E-state index contributed by atoms with van der Waals surface area (Å²) >= 11 is 5.94. The fraction of sp³-hybridized carbons (Fsp3) is 0.125. The summed E-state index contributed by atoms with van der Waals surface area (Å²) in [5, 5.41) is 8.45. The van der Waals surface area contributed by atoms with E-state index in [0.717, 1.165) is 5.56 Å². The number of hydrogen-bond donors (Lipinski definition) is 1. The Morgan fingerprint density at radius 3 is 2.57 bits per heavy atom. The Morgan fingerprint density at radius 1 is 1.10 bits per heavy atom. The third-order valence-electron chi connectivity index (χ3n) is 3.39. The Morgan fingerprint density at radius 2 is 1.86 bits per heavy atom. The lowest BCUT2D eigenvalue weighted by atomic mass is 9.86. The normalized spacial score (nSPS) is 18.1. The zero-order valence-corrected chi connectivity index (χ0v) is 11.9. The maximum atomic E-state index is 13.6. The fourth-order valence-electron chi connectivity index (χ4n) is 2.46. The van der Waals surface area contributed by atoms with Gasteiger partial charge in [-0.15, -0.1) is 5.10 Å². The van der Waals surface area contributed by atoms with Crippen molar-refractivity contribution in [2.75, 3.05) is 0 Å². The highest BCUT2D eigenvalue weighted by Gasteiger charge is 2.25. The number of rotatable bonds is 2. The molecule has 0 spiro atoms. The first-order valence-electron chi connectivity index (χ1n) is 6.55. The number of halogens is 2. The monoisotopic (exact) mass is 301 g/mol. The quantitative estimate of drug-likeness (QED) is 0.903. The first-order valence-corrected chi connectivity index (χ1v) is 6.92. The molecule has 21 heavy (non-hydrogen) atoms. The molecule has 0 aliphatic carbocycles. The molecule has 2 aromatic carbocycles. The van der Waals surface area contributed by atoms with Crippen molar-refractivity contribution in [3.8, 4) is 0 Å². The van der Waals surface area contributed by atoms with E-state index in [9.17, 15) is 4.39 Å². The van der Waals surface area contributed by atoms with Crippen LogP contribution in [0.2, 0.25) is 5.02 Å². The molecule has 1 heterocycles. The lowest BCUT2D eigenvalue weighted by molar-refractivity contribution is 0.627. The Bertz CT molecular complexity index is 705. The molecular weight excluding hydrogens is 289 g/mol. The minimum absolute atomic E-state index is 0.0541. The largest absolute Gasteiger partial charge is 0.386 e. The lowest BCUT2D eigenvalue weighted by Crippen LogP contribution is -2.25. The molecule has 0 bridgehead atoms. The van der Waals surface area contributed by atoms with Crippen molar-refractivity contribution in [2.45, 2.75) is 12.3 Å². The molecule has 0 amide bonds. The van der Waals surface area contributed by atoms with Crippen molar-refractivity contribution >= 4 is 23.1 Å². The standard InChI is InChI=1S/C16H13ClFN3/c17-12-6-11(7-13(18)8-12)16-14(9-15(19)20-21-16)10-4-2-1-3-5-10/h1-8,14H,9H2,(H2,19,20). The van der Waals surface area contributed by atoms with E-state index in [-0.39, 0.29) is 5.92 Å². The van der Waals surface area contributed by atoms with Crippen LogP contribution >= 0.6 is 11.6 Å². The second kappa shape index (κ2) is 5.66. The smallest absolute Gasteiger partial charge is 0.125 e. The average molecular weight is 302 g/mol. The zero-order chi connectivity index (χ0) is 14.8. The highest BCUT2D eigenvalue weighted by molar-refractivity contribution is 6.31. The fourth-order valence-corrected chi connectivity index (χ4v) is 2.68. The molecule has 1 atom stereocenters. The van der Waals surface area contributed by atoms with E-state index in [4.69, 9.17) is 17.3 Å². The first-order chi connectivity index (χ1) is 10.1. The predicted molar refractivity (Wildman–Crippen MR) is 83.4 cm³/mol. The molecule has 3 nitrogen and oxygen atoms in total. The van der Waals surface area contributed by atoms with Crippen LogP contribution in [0, 0.1) is 5.82 Å². The van der Waals surface area contributed by atoms with Gasteiger partial charge < -0.3 is 5.73 Å². The maximum absolute atomic E-state index is 13.6. The van der Waals surface area contributed by atoms with Gasteiger partial charge >= 0.3 is 0 Å². The number of nitrogens with two attached hydrogens (primary N) is 1. The molecule has 1 aliphatic rings. The van der Waals surface area contributed by atoms with Crippen LogP contribution in [0.4, 0.5) is 4.39 Å². The van der Waals surface area contributed by atoms with Gasteiger partial charge in [-0.25, -0.2) is 4.39 Å². The molecule has 5 heteroatoms. The van der Waals surface area contributed by atoms with Crippen molar-refractivity contribution in [1.82, 2.24) is 0 Å². The summed E-state index contributed by atoms with van der Waals surface area (Å²) in [6.07, 6.45) is 0.553. The van der Waals surface area contributed by atoms with Crippen molar-refractivity contribution in [1.29, 1.82) is 0 Å². The molecule has 1 unspecified atom stereocenters. The number of nitrogens with zero attached hydrogens (tertiary/aromatic N) is 2. The summed E-state index contributed by atoms with van der Waals surface area (Å²) in [4.78, 5) is 0. The van der Waals surface area contributed by atoms with Crippen LogP contribution < -0.4 is 5.73 Å². The van der Waals surface area contributed by atoms with E-state index >= 15 is 0 Å². The Kier molecular flexibility index (Phi) is 3.71. The van der Waals surface area contributed by atoms with Gasteiger partial charge in [0.1, 0.15) is 11.7 Å². The molecular formula is C16H13ClFN3. The number of benzene rings is 2. The van der Waals surface area contributed by atoms with Gasteiger partial charge in [0.2, 0.25) is 0 Å². The van der Waals surface area contributed by atoms with Gasteiger partial charge in [0, 0.05) is 22.9 Å². The van der Waals surface area contributed by atoms with E-state index in [0.29, 0.717) is 28.6 Å². The third-order valence-corrected chi connectivity index (χ3v) is 3.61. The molecule has 0 fully saturated rings. The van der Waals surface area contributed by atoms with Crippen LogP contribution in [0.25, 0.3) is 0 Å². The zero-order valence-electron chi connectivity index (χ0n) is 11.1. The van der Waals surface area contributed by atoms with E-state index in [2.05, 4.69) is 10.2 Å². The van der Waals surface area contributed by atoms with Gasteiger partial charge in [-0.2, -0.15) is 5.10 Å². The topological polar surface area (TPSA) is 50.7 Å². The van der Waals surface area contributed by atoms with Gasteiger partial charge in [0.05, 0.1) is 5.71 Å². The summed E-state index contributed by atoms with van der Waals surface area (Å²) in [6.45, 7) is 0. The van der Waals surface area contributed by atoms with Crippen LogP contribution in [0.15, 0.2) is 58.7 Å². The number of hydrogen-bond acceptors (Lipinski definition) is 3. The van der Waals surface area contributed by atoms with Crippen molar-refractivity contribution in [2.24, 2.45) is 15.9 Å². The molecule has 2 aromatic rings. The average Bonchev–Trinajstić information content (AvgIpc) is 2.47. The van der Waals surface area contributed by atoms with E-state index in [1.54, 1.807) is 6.07 Å². The summed E-state index contributed by atoms with van der Waals surface area (Å²) in [5.74, 6) is 0.0196. The van der Waals surface area contributed by atoms with Crippen LogP contribution in [-0.4, -0.2) is 11.5 Å². The van der Waals surface area contributed by atoms with Gasteiger partial charge in [-0.1, -0.05) is 41.9 Å². The van der Waals surface area contributed by atoms with Crippen molar-refractivity contribution in [3.63, 3.8) is 0 Å². The highest BCUT2D eigenvalue weighted by atomic mass is 35.5. The Balaban J connectivity index is 2.08. The molecule has 2 N–H and O–H groups in total. The van der Waals surface area contributed by atoms with Crippen LogP contribution in [0.5, 0.6) is 0 Å². The summed E-state index contributed by atoms with van der Waals surface area (Å²) < 4.78 is 13.6. The SMILES string of the molecule is NC1=NN=C(c2cc(F)cc(Cl)c2)C(c2ccccc2)C1. The molecule has 3 rings (SSSR count). The Hall–Kier alpha value is -2.20. The molecule has 0 radical (unpaired) electrons.